The Labute approximate surface area is 154 Å². The Kier molecular flexibility index (Phi) is 19.7. The van der Waals surface area contributed by atoms with Gasteiger partial charge in [-0.25, -0.2) is 0 Å². The summed E-state index contributed by atoms with van der Waals surface area (Å²) in [7, 11) is 0. The molecule has 1 aliphatic rings. The zero-order valence-corrected chi connectivity index (χ0v) is 16.0. The van der Waals surface area contributed by atoms with E-state index < -0.39 is 0 Å². The van der Waals surface area contributed by atoms with Crippen LogP contribution in [-0.4, -0.2) is 115 Å². The van der Waals surface area contributed by atoms with Gasteiger partial charge in [0, 0.05) is 105 Å². The molecule has 9 nitrogen and oxygen atoms in total. The van der Waals surface area contributed by atoms with Gasteiger partial charge in [-0.2, -0.15) is 0 Å². The van der Waals surface area contributed by atoms with E-state index in [1.807, 2.05) is 0 Å². The molecule has 11 N–H and O–H groups in total. The molecule has 152 valence electrons. The summed E-state index contributed by atoms with van der Waals surface area (Å²) >= 11 is 0. The molecule has 0 aromatic rings. The summed E-state index contributed by atoms with van der Waals surface area (Å²) in [5.74, 6) is 0. The summed E-state index contributed by atoms with van der Waals surface area (Å²) in [6.07, 6.45) is 0. The molecule has 0 bridgehead atoms. The molecular weight excluding hydrogens is 318 g/mol. The zero-order chi connectivity index (χ0) is 18.6. The molecule has 0 aliphatic carbocycles. The number of hydrogen-bond donors (Lipinski definition) is 7. The third kappa shape index (κ3) is 16.8. The van der Waals surface area contributed by atoms with Crippen molar-refractivity contribution in [1.29, 1.82) is 0 Å². The van der Waals surface area contributed by atoms with Crippen molar-refractivity contribution in [1.82, 2.24) is 25.8 Å². The van der Waals surface area contributed by atoms with E-state index in [1.54, 1.807) is 0 Å². The molecule has 1 aliphatic heterocycles. The fraction of sp³-hybridized carbons (Fsp3) is 1.00. The van der Waals surface area contributed by atoms with Crippen LogP contribution in [0.2, 0.25) is 0 Å². The van der Waals surface area contributed by atoms with Gasteiger partial charge in [0.25, 0.3) is 0 Å². The van der Waals surface area contributed by atoms with Crippen molar-refractivity contribution >= 4 is 0 Å². The van der Waals surface area contributed by atoms with Crippen LogP contribution in [0.4, 0.5) is 0 Å². The van der Waals surface area contributed by atoms with Crippen molar-refractivity contribution in [2.75, 3.05) is 105 Å². The molecule has 0 aromatic heterocycles. The molecule has 0 amide bonds. The molecule has 0 aromatic carbocycles. The van der Waals surface area contributed by atoms with Gasteiger partial charge in [0.1, 0.15) is 0 Å². The second-order valence-corrected chi connectivity index (χ2v) is 6.09. The molecule has 1 heterocycles. The highest BCUT2D eigenvalue weighted by Crippen LogP contribution is 1.89. The summed E-state index contributed by atoms with van der Waals surface area (Å²) in [4.78, 5) is 4.73. The molecule has 9 heteroatoms. The van der Waals surface area contributed by atoms with Crippen LogP contribution in [0, 0.1) is 0 Å². The van der Waals surface area contributed by atoms with Crippen LogP contribution < -0.4 is 38.9 Å². The van der Waals surface area contributed by atoms with E-state index in [2.05, 4.69) is 25.8 Å². The maximum Gasteiger partial charge on any atom is 0.0108 e. The van der Waals surface area contributed by atoms with Gasteiger partial charge >= 0.3 is 0 Å². The predicted octanol–water partition coefficient (Wildman–Crippen LogP) is -3.81. The Balaban J connectivity index is 0.000000462. The number of nitrogens with zero attached hydrogens (tertiary/aromatic N) is 2. The number of nitrogens with one attached hydrogen (secondary N) is 3. The van der Waals surface area contributed by atoms with Gasteiger partial charge in [-0.05, 0) is 0 Å². The number of hydrogen-bond acceptors (Lipinski definition) is 9. The first-order valence-corrected chi connectivity index (χ1v) is 9.65. The van der Waals surface area contributed by atoms with Gasteiger partial charge in [0.05, 0.1) is 0 Å². The Hall–Kier alpha value is -0.360. The number of rotatable bonds is 14. The standard InChI is InChI=1S/C8H23N5.C8H20N4/c9-1-4-12-5-8-13(6-2-10)7-3-11;9-1-2-10-3-6-12-7-4-11-5-8-12/h12H,1-11H2;10-11H,1-9H2. The number of nitrogens with two attached hydrogens (primary N) is 4. The molecule has 1 fully saturated rings. The monoisotopic (exact) mass is 361 g/mol. The zero-order valence-electron chi connectivity index (χ0n) is 16.0. The summed E-state index contributed by atoms with van der Waals surface area (Å²) < 4.78 is 0. The average molecular weight is 362 g/mol. The van der Waals surface area contributed by atoms with Crippen LogP contribution in [0.15, 0.2) is 0 Å². The van der Waals surface area contributed by atoms with Gasteiger partial charge in [0.2, 0.25) is 0 Å². The molecular formula is C16H43N9. The van der Waals surface area contributed by atoms with Crippen molar-refractivity contribution in [2.45, 2.75) is 0 Å². The van der Waals surface area contributed by atoms with E-state index in [0.29, 0.717) is 19.6 Å². The summed E-state index contributed by atoms with van der Waals surface area (Å²) in [5, 5.41) is 9.86. The fourth-order valence-electron chi connectivity index (χ4n) is 2.56. The minimum absolute atomic E-state index is 0.688. The van der Waals surface area contributed by atoms with E-state index in [9.17, 15) is 0 Å². The molecule has 0 saturated carbocycles. The Bertz CT molecular complexity index is 244. The molecule has 0 radical (unpaired) electrons. The summed E-state index contributed by atoms with van der Waals surface area (Å²) in [6, 6.07) is 0. The Morgan fingerprint density at radius 2 is 1.28 bits per heavy atom. The molecule has 1 saturated heterocycles. The van der Waals surface area contributed by atoms with Crippen molar-refractivity contribution in [3.63, 3.8) is 0 Å². The topological polar surface area (TPSA) is 147 Å². The molecule has 25 heavy (non-hydrogen) atoms. The summed E-state index contributed by atoms with van der Waals surface area (Å²) in [5.41, 5.74) is 21.6. The maximum atomic E-state index is 5.47. The smallest absolute Gasteiger partial charge is 0.0108 e. The molecule has 0 spiro atoms. The van der Waals surface area contributed by atoms with Crippen LogP contribution in [-0.2, 0) is 0 Å². The first kappa shape index (κ1) is 24.6. The van der Waals surface area contributed by atoms with Crippen molar-refractivity contribution in [2.24, 2.45) is 22.9 Å². The van der Waals surface area contributed by atoms with Crippen molar-refractivity contribution in [3.05, 3.63) is 0 Å². The Morgan fingerprint density at radius 1 is 0.720 bits per heavy atom. The first-order valence-electron chi connectivity index (χ1n) is 9.65. The van der Waals surface area contributed by atoms with Gasteiger partial charge < -0.3 is 38.9 Å². The van der Waals surface area contributed by atoms with Gasteiger partial charge in [-0.1, -0.05) is 0 Å². The van der Waals surface area contributed by atoms with E-state index in [1.165, 1.54) is 13.1 Å². The first-order chi connectivity index (χ1) is 12.3. The minimum Gasteiger partial charge on any atom is -0.329 e. The maximum absolute atomic E-state index is 5.47. The van der Waals surface area contributed by atoms with E-state index >= 15 is 0 Å². The van der Waals surface area contributed by atoms with Crippen molar-refractivity contribution < 1.29 is 0 Å². The second-order valence-electron chi connectivity index (χ2n) is 6.09. The molecule has 0 unspecified atom stereocenters. The average Bonchev–Trinajstić information content (AvgIpc) is 2.64. The normalized spacial score (nSPS) is 15.2. The quantitative estimate of drug-likeness (QED) is 0.155. The van der Waals surface area contributed by atoms with E-state index in [4.69, 9.17) is 22.9 Å². The highest BCUT2D eigenvalue weighted by molar-refractivity contribution is 4.68. The predicted molar refractivity (Wildman–Crippen MR) is 108 cm³/mol. The van der Waals surface area contributed by atoms with Crippen LogP contribution >= 0.6 is 0 Å². The van der Waals surface area contributed by atoms with Crippen LogP contribution in [0.25, 0.3) is 0 Å². The van der Waals surface area contributed by atoms with Crippen LogP contribution in [0.3, 0.4) is 0 Å². The van der Waals surface area contributed by atoms with Gasteiger partial charge in [-0.15, -0.1) is 0 Å². The highest BCUT2D eigenvalue weighted by Gasteiger charge is 2.07. The van der Waals surface area contributed by atoms with E-state index in [-0.39, 0.29) is 0 Å². The molecule has 1 rings (SSSR count). The lowest BCUT2D eigenvalue weighted by atomic mass is 10.3. The largest absolute Gasteiger partial charge is 0.329 e. The lowest BCUT2D eigenvalue weighted by Gasteiger charge is -2.27. The minimum atomic E-state index is 0.688. The van der Waals surface area contributed by atoms with Gasteiger partial charge in [-0.3, -0.25) is 9.80 Å². The van der Waals surface area contributed by atoms with Crippen LogP contribution in [0.1, 0.15) is 0 Å². The number of piperazine rings is 1. The highest BCUT2D eigenvalue weighted by atomic mass is 15.2. The third-order valence-electron chi connectivity index (χ3n) is 3.95. The second kappa shape index (κ2) is 20.0. The fourth-order valence-corrected chi connectivity index (χ4v) is 2.56. The lowest BCUT2D eigenvalue weighted by molar-refractivity contribution is 0.241. The van der Waals surface area contributed by atoms with Crippen molar-refractivity contribution in [3.8, 4) is 0 Å². The summed E-state index contributed by atoms with van der Waals surface area (Å²) in [6.45, 7) is 15.3. The molecule has 0 atom stereocenters. The van der Waals surface area contributed by atoms with Gasteiger partial charge in [0.15, 0.2) is 0 Å². The van der Waals surface area contributed by atoms with Crippen LogP contribution in [0.5, 0.6) is 0 Å². The SMILES string of the molecule is NCCNCCN(CCN)CCN.NCCNCCN1CCNCC1. The Morgan fingerprint density at radius 3 is 1.80 bits per heavy atom. The lowest BCUT2D eigenvalue weighted by Crippen LogP contribution is -2.46. The van der Waals surface area contributed by atoms with E-state index in [0.717, 1.165) is 72.0 Å². The third-order valence-corrected chi connectivity index (χ3v) is 3.95.